The summed E-state index contributed by atoms with van der Waals surface area (Å²) >= 11 is 0. The van der Waals surface area contributed by atoms with Crippen LogP contribution in [-0.2, 0) is 0 Å². The number of hydrogen-bond acceptors (Lipinski definition) is 2. The predicted molar refractivity (Wildman–Crippen MR) is 46.6 cm³/mol. The lowest BCUT2D eigenvalue weighted by molar-refractivity contribution is 0.121. The molecule has 2 rings (SSSR count). The second-order valence-corrected chi connectivity index (χ2v) is 4.56. The van der Waals surface area contributed by atoms with E-state index in [1.54, 1.807) is 0 Å². The third-order valence-electron chi connectivity index (χ3n) is 2.90. The van der Waals surface area contributed by atoms with Crippen LogP contribution in [0.2, 0.25) is 0 Å². The minimum Gasteiger partial charge on any atom is -0.315 e. The van der Waals surface area contributed by atoms with Crippen LogP contribution < -0.4 is 5.32 Å². The van der Waals surface area contributed by atoms with Crippen molar-refractivity contribution >= 4 is 0 Å². The third kappa shape index (κ3) is 1.57. The van der Waals surface area contributed by atoms with Gasteiger partial charge in [0.05, 0.1) is 0 Å². The Balaban J connectivity index is 1.78. The molecule has 0 unspecified atom stereocenters. The maximum absolute atomic E-state index is 3.34. The van der Waals surface area contributed by atoms with Gasteiger partial charge in [-0.15, -0.1) is 0 Å². The van der Waals surface area contributed by atoms with E-state index < -0.39 is 0 Å². The van der Waals surface area contributed by atoms with Crippen LogP contribution in [0.5, 0.6) is 0 Å². The standard InChI is InChI=1S/C9H18N2/c1-9(5-10-6-9)7-11(2)8-3-4-8/h8,10H,3-7H2,1-2H3. The SMILES string of the molecule is CN(CC1(C)CNC1)C1CC1. The van der Waals surface area contributed by atoms with Gasteiger partial charge in [-0.2, -0.15) is 0 Å². The molecule has 0 aromatic rings. The van der Waals surface area contributed by atoms with E-state index in [2.05, 4.69) is 24.2 Å². The van der Waals surface area contributed by atoms with Crippen LogP contribution >= 0.6 is 0 Å². The van der Waals surface area contributed by atoms with Crippen LogP contribution in [0.3, 0.4) is 0 Å². The highest BCUT2D eigenvalue weighted by atomic mass is 15.2. The summed E-state index contributed by atoms with van der Waals surface area (Å²) in [6.07, 6.45) is 2.86. The maximum atomic E-state index is 3.34. The van der Waals surface area contributed by atoms with Gasteiger partial charge in [-0.3, -0.25) is 0 Å². The van der Waals surface area contributed by atoms with Gasteiger partial charge in [-0.1, -0.05) is 6.92 Å². The summed E-state index contributed by atoms with van der Waals surface area (Å²) in [6, 6.07) is 0.924. The zero-order valence-electron chi connectivity index (χ0n) is 7.56. The third-order valence-corrected chi connectivity index (χ3v) is 2.90. The van der Waals surface area contributed by atoms with E-state index in [-0.39, 0.29) is 0 Å². The van der Waals surface area contributed by atoms with Gasteiger partial charge in [0.15, 0.2) is 0 Å². The summed E-state index contributed by atoms with van der Waals surface area (Å²) in [5.74, 6) is 0. The summed E-state index contributed by atoms with van der Waals surface area (Å²) < 4.78 is 0. The normalized spacial score (nSPS) is 28.6. The van der Waals surface area contributed by atoms with Crippen molar-refractivity contribution in [1.82, 2.24) is 10.2 Å². The summed E-state index contributed by atoms with van der Waals surface area (Å²) in [5.41, 5.74) is 0.581. The molecule has 0 atom stereocenters. The Bertz CT molecular complexity index is 148. The van der Waals surface area contributed by atoms with Gasteiger partial charge in [0.25, 0.3) is 0 Å². The summed E-state index contributed by atoms with van der Waals surface area (Å²) in [7, 11) is 2.27. The van der Waals surface area contributed by atoms with E-state index in [0.29, 0.717) is 5.41 Å². The smallest absolute Gasteiger partial charge is 0.00936 e. The number of rotatable bonds is 3. The van der Waals surface area contributed by atoms with Gasteiger partial charge in [0.2, 0.25) is 0 Å². The Kier molecular flexibility index (Phi) is 1.69. The molecule has 2 heteroatoms. The van der Waals surface area contributed by atoms with Crippen LogP contribution in [0.4, 0.5) is 0 Å². The molecular formula is C9H18N2. The van der Waals surface area contributed by atoms with Crippen molar-refractivity contribution in [2.45, 2.75) is 25.8 Å². The second-order valence-electron chi connectivity index (χ2n) is 4.56. The minimum absolute atomic E-state index is 0.581. The fourth-order valence-corrected chi connectivity index (χ4v) is 1.91. The van der Waals surface area contributed by atoms with Crippen molar-refractivity contribution in [2.75, 3.05) is 26.7 Å². The number of hydrogen-bond donors (Lipinski definition) is 1. The first-order valence-corrected chi connectivity index (χ1v) is 4.61. The van der Waals surface area contributed by atoms with Crippen LogP contribution in [0.1, 0.15) is 19.8 Å². The maximum Gasteiger partial charge on any atom is 0.00936 e. The van der Waals surface area contributed by atoms with Crippen molar-refractivity contribution in [2.24, 2.45) is 5.41 Å². The molecule has 0 bridgehead atoms. The molecule has 1 heterocycles. The highest BCUT2D eigenvalue weighted by Gasteiger charge is 2.36. The lowest BCUT2D eigenvalue weighted by Crippen LogP contribution is -2.56. The molecule has 0 spiro atoms. The van der Waals surface area contributed by atoms with Gasteiger partial charge in [0.1, 0.15) is 0 Å². The number of nitrogens with one attached hydrogen (secondary N) is 1. The zero-order valence-corrected chi connectivity index (χ0v) is 7.56. The first-order valence-electron chi connectivity index (χ1n) is 4.61. The van der Waals surface area contributed by atoms with Crippen LogP contribution in [0.25, 0.3) is 0 Å². The van der Waals surface area contributed by atoms with E-state index >= 15 is 0 Å². The average Bonchev–Trinajstić information content (AvgIpc) is 2.64. The van der Waals surface area contributed by atoms with Crippen molar-refractivity contribution < 1.29 is 0 Å². The van der Waals surface area contributed by atoms with Gasteiger partial charge >= 0.3 is 0 Å². The Hall–Kier alpha value is -0.0800. The molecule has 11 heavy (non-hydrogen) atoms. The lowest BCUT2D eigenvalue weighted by Gasteiger charge is -2.42. The first kappa shape index (κ1) is 7.56. The van der Waals surface area contributed by atoms with Crippen LogP contribution in [0, 0.1) is 5.41 Å². The van der Waals surface area contributed by atoms with Gasteiger partial charge in [-0.05, 0) is 19.9 Å². The van der Waals surface area contributed by atoms with E-state index in [4.69, 9.17) is 0 Å². The van der Waals surface area contributed by atoms with E-state index in [0.717, 1.165) is 6.04 Å². The molecule has 1 N–H and O–H groups in total. The molecule has 1 aliphatic carbocycles. The van der Waals surface area contributed by atoms with Crippen molar-refractivity contribution in [3.05, 3.63) is 0 Å². The van der Waals surface area contributed by atoms with Crippen molar-refractivity contribution in [3.8, 4) is 0 Å². The molecular weight excluding hydrogens is 136 g/mol. The monoisotopic (exact) mass is 154 g/mol. The Morgan fingerprint density at radius 2 is 2.09 bits per heavy atom. The van der Waals surface area contributed by atoms with E-state index in [1.165, 1.54) is 32.5 Å². The molecule has 0 radical (unpaired) electrons. The molecule has 1 aliphatic heterocycles. The predicted octanol–water partition coefficient (Wildman–Crippen LogP) is 0.690. The van der Waals surface area contributed by atoms with Crippen LogP contribution in [-0.4, -0.2) is 37.6 Å². The Morgan fingerprint density at radius 1 is 1.45 bits per heavy atom. The minimum atomic E-state index is 0.581. The van der Waals surface area contributed by atoms with Gasteiger partial charge < -0.3 is 10.2 Å². The second kappa shape index (κ2) is 2.46. The molecule has 2 nitrogen and oxygen atoms in total. The fourth-order valence-electron chi connectivity index (χ4n) is 1.91. The quantitative estimate of drug-likeness (QED) is 0.643. The highest BCUT2D eigenvalue weighted by molar-refractivity contribution is 4.93. The first-order chi connectivity index (χ1) is 5.20. The molecule has 1 saturated heterocycles. The van der Waals surface area contributed by atoms with Gasteiger partial charge in [0, 0.05) is 31.1 Å². The topological polar surface area (TPSA) is 15.3 Å². The molecule has 64 valence electrons. The van der Waals surface area contributed by atoms with Crippen molar-refractivity contribution in [1.29, 1.82) is 0 Å². The number of nitrogens with zero attached hydrogens (tertiary/aromatic N) is 1. The largest absolute Gasteiger partial charge is 0.315 e. The van der Waals surface area contributed by atoms with Gasteiger partial charge in [-0.25, -0.2) is 0 Å². The summed E-state index contributed by atoms with van der Waals surface area (Å²) in [6.45, 7) is 6.08. The van der Waals surface area contributed by atoms with E-state index in [9.17, 15) is 0 Å². The summed E-state index contributed by atoms with van der Waals surface area (Å²) in [4.78, 5) is 2.53. The van der Waals surface area contributed by atoms with Crippen LogP contribution in [0.15, 0.2) is 0 Å². The highest BCUT2D eigenvalue weighted by Crippen LogP contribution is 2.30. The molecule has 2 fully saturated rings. The molecule has 1 saturated carbocycles. The molecule has 0 aromatic heterocycles. The Morgan fingerprint density at radius 3 is 2.45 bits per heavy atom. The Labute approximate surface area is 69.0 Å². The van der Waals surface area contributed by atoms with E-state index in [1.807, 2.05) is 0 Å². The molecule has 0 amide bonds. The average molecular weight is 154 g/mol. The summed E-state index contributed by atoms with van der Waals surface area (Å²) in [5, 5.41) is 3.34. The molecule has 0 aromatic carbocycles. The lowest BCUT2D eigenvalue weighted by atomic mass is 9.84. The molecule has 2 aliphatic rings. The fraction of sp³-hybridized carbons (Fsp3) is 1.00. The van der Waals surface area contributed by atoms with Crippen molar-refractivity contribution in [3.63, 3.8) is 0 Å². The zero-order chi connectivity index (χ0) is 7.90.